The van der Waals surface area contributed by atoms with Gasteiger partial charge in [-0.1, -0.05) is 29.8 Å². The lowest BCUT2D eigenvalue weighted by molar-refractivity contribution is 0.295. The fourth-order valence-corrected chi connectivity index (χ4v) is 2.04. The highest BCUT2D eigenvalue weighted by molar-refractivity contribution is 9.10. The van der Waals surface area contributed by atoms with E-state index in [1.807, 2.05) is 6.07 Å². The highest BCUT2D eigenvalue weighted by Crippen LogP contribution is 2.31. The van der Waals surface area contributed by atoms with Gasteiger partial charge in [-0.3, -0.25) is 0 Å². The van der Waals surface area contributed by atoms with Crippen LogP contribution in [0, 0.1) is 5.92 Å². The Hall–Kier alpha value is -0.540. The lowest BCUT2D eigenvalue weighted by atomic mass is 10.2. The summed E-state index contributed by atoms with van der Waals surface area (Å²) in [6.45, 7) is 6.04. The molecule has 0 radical (unpaired) electrons. The van der Waals surface area contributed by atoms with E-state index in [9.17, 15) is 0 Å². The molecule has 1 aromatic carbocycles. The van der Waals surface area contributed by atoms with E-state index >= 15 is 0 Å². The van der Waals surface area contributed by atoms with E-state index in [4.69, 9.17) is 4.74 Å². The second-order valence-electron chi connectivity index (χ2n) is 5.04. The average Bonchev–Trinajstić information content (AvgIpc) is 3.09. The summed E-state index contributed by atoms with van der Waals surface area (Å²) in [4.78, 5) is 0. The van der Waals surface area contributed by atoms with Crippen LogP contribution in [0.25, 0.3) is 0 Å². The molecule has 0 unspecified atom stereocenters. The van der Waals surface area contributed by atoms with E-state index in [-0.39, 0.29) is 0 Å². The van der Waals surface area contributed by atoms with Crippen LogP contribution in [0.1, 0.15) is 32.3 Å². The summed E-state index contributed by atoms with van der Waals surface area (Å²) in [5, 5.41) is 3.43. The molecule has 0 aliphatic heterocycles. The second-order valence-corrected chi connectivity index (χ2v) is 5.96. The van der Waals surface area contributed by atoms with Crippen LogP contribution in [0.15, 0.2) is 22.7 Å². The first-order valence-electron chi connectivity index (χ1n) is 6.30. The molecule has 0 atom stereocenters. The smallest absolute Gasteiger partial charge is 0.123 e. The van der Waals surface area contributed by atoms with Gasteiger partial charge in [0.05, 0.1) is 6.61 Å². The normalized spacial score (nSPS) is 15.3. The Kier molecular flexibility index (Phi) is 4.46. The number of benzene rings is 1. The van der Waals surface area contributed by atoms with E-state index in [0.717, 1.165) is 29.3 Å². The third-order valence-electron chi connectivity index (χ3n) is 2.89. The molecule has 1 saturated carbocycles. The Labute approximate surface area is 112 Å². The number of rotatable bonds is 6. The van der Waals surface area contributed by atoms with Crippen molar-refractivity contribution in [1.82, 2.24) is 5.32 Å². The number of hydrogen-bond acceptors (Lipinski definition) is 2. The highest BCUT2D eigenvalue weighted by atomic mass is 79.9. The van der Waals surface area contributed by atoms with Crippen molar-refractivity contribution in [3.05, 3.63) is 28.2 Å². The van der Waals surface area contributed by atoms with E-state index in [1.54, 1.807) is 0 Å². The lowest BCUT2D eigenvalue weighted by Crippen LogP contribution is -2.22. The van der Waals surface area contributed by atoms with Crippen LogP contribution in [0.2, 0.25) is 0 Å². The maximum Gasteiger partial charge on any atom is 0.123 e. The van der Waals surface area contributed by atoms with Gasteiger partial charge < -0.3 is 10.1 Å². The van der Waals surface area contributed by atoms with Crippen molar-refractivity contribution in [3.8, 4) is 5.75 Å². The fourth-order valence-electron chi connectivity index (χ4n) is 1.63. The predicted molar refractivity (Wildman–Crippen MR) is 74.3 cm³/mol. The van der Waals surface area contributed by atoms with Crippen molar-refractivity contribution in [2.75, 3.05) is 6.61 Å². The van der Waals surface area contributed by atoms with E-state index < -0.39 is 0 Å². The summed E-state index contributed by atoms with van der Waals surface area (Å²) in [5.74, 6) is 1.82. The zero-order valence-corrected chi connectivity index (χ0v) is 12.1. The van der Waals surface area contributed by atoms with Crippen molar-refractivity contribution in [3.63, 3.8) is 0 Å². The molecule has 1 N–H and O–H groups in total. The molecule has 2 rings (SSSR count). The molecule has 17 heavy (non-hydrogen) atoms. The Morgan fingerprint density at radius 3 is 2.82 bits per heavy atom. The zero-order valence-electron chi connectivity index (χ0n) is 10.5. The van der Waals surface area contributed by atoms with Gasteiger partial charge in [0, 0.05) is 22.6 Å². The molecule has 0 saturated heterocycles. The van der Waals surface area contributed by atoms with Crippen LogP contribution >= 0.6 is 15.9 Å². The molecular weight excluding hydrogens is 278 g/mol. The summed E-state index contributed by atoms with van der Waals surface area (Å²) in [7, 11) is 0. The van der Waals surface area contributed by atoms with Crippen molar-refractivity contribution >= 4 is 15.9 Å². The fraction of sp³-hybridized carbons (Fsp3) is 0.571. The molecule has 3 heteroatoms. The summed E-state index contributed by atoms with van der Waals surface area (Å²) in [5.41, 5.74) is 1.23. The molecule has 1 fully saturated rings. The van der Waals surface area contributed by atoms with Crippen molar-refractivity contribution in [2.45, 2.75) is 39.3 Å². The molecule has 0 spiro atoms. The Morgan fingerprint density at radius 2 is 2.18 bits per heavy atom. The zero-order chi connectivity index (χ0) is 12.3. The third kappa shape index (κ3) is 4.32. The molecule has 1 aliphatic rings. The number of ether oxygens (including phenoxy) is 1. The lowest BCUT2D eigenvalue weighted by Gasteiger charge is -2.14. The molecular formula is C14H20BrNO. The standard InChI is InChI=1S/C14H20BrNO/c1-10(2)16-8-12-7-13(15)5-6-14(12)17-9-11-3-4-11/h5-7,10-11,16H,3-4,8-9H2,1-2H3. The number of hydrogen-bond donors (Lipinski definition) is 1. The van der Waals surface area contributed by atoms with Gasteiger partial charge in [-0.2, -0.15) is 0 Å². The van der Waals surface area contributed by atoms with Gasteiger partial charge in [0.25, 0.3) is 0 Å². The summed E-state index contributed by atoms with van der Waals surface area (Å²) in [6, 6.07) is 6.73. The third-order valence-corrected chi connectivity index (χ3v) is 3.39. The topological polar surface area (TPSA) is 21.3 Å². The summed E-state index contributed by atoms with van der Waals surface area (Å²) >= 11 is 3.51. The Morgan fingerprint density at radius 1 is 1.41 bits per heavy atom. The van der Waals surface area contributed by atoms with Gasteiger partial charge in [0.15, 0.2) is 0 Å². The SMILES string of the molecule is CC(C)NCc1cc(Br)ccc1OCC1CC1. The number of nitrogens with one attached hydrogen (secondary N) is 1. The van der Waals surface area contributed by atoms with E-state index in [2.05, 4.69) is 47.2 Å². The molecule has 1 aliphatic carbocycles. The van der Waals surface area contributed by atoms with Crippen molar-refractivity contribution in [2.24, 2.45) is 5.92 Å². The first kappa shape index (κ1) is 12.9. The second kappa shape index (κ2) is 5.87. The molecule has 2 nitrogen and oxygen atoms in total. The molecule has 94 valence electrons. The average molecular weight is 298 g/mol. The Balaban J connectivity index is 2.00. The summed E-state index contributed by atoms with van der Waals surface area (Å²) < 4.78 is 7.00. The van der Waals surface area contributed by atoms with Crippen molar-refractivity contribution in [1.29, 1.82) is 0 Å². The van der Waals surface area contributed by atoms with Crippen LogP contribution in [0.5, 0.6) is 5.75 Å². The quantitative estimate of drug-likeness (QED) is 0.864. The van der Waals surface area contributed by atoms with Gasteiger partial charge in [-0.05, 0) is 37.0 Å². The van der Waals surface area contributed by atoms with Crippen LogP contribution in [0.4, 0.5) is 0 Å². The molecule has 1 aromatic rings. The minimum Gasteiger partial charge on any atom is -0.493 e. The maximum atomic E-state index is 5.89. The molecule has 0 heterocycles. The van der Waals surface area contributed by atoms with Gasteiger partial charge in [-0.25, -0.2) is 0 Å². The Bertz CT molecular complexity index is 374. The van der Waals surface area contributed by atoms with Crippen LogP contribution in [0.3, 0.4) is 0 Å². The predicted octanol–water partition coefficient (Wildman–Crippen LogP) is 3.74. The molecule has 0 aromatic heterocycles. The monoisotopic (exact) mass is 297 g/mol. The largest absolute Gasteiger partial charge is 0.493 e. The number of halogens is 1. The molecule has 0 bridgehead atoms. The van der Waals surface area contributed by atoms with E-state index in [1.165, 1.54) is 18.4 Å². The maximum absolute atomic E-state index is 5.89. The van der Waals surface area contributed by atoms with Gasteiger partial charge in [0.2, 0.25) is 0 Å². The van der Waals surface area contributed by atoms with Gasteiger partial charge >= 0.3 is 0 Å². The van der Waals surface area contributed by atoms with Crippen LogP contribution in [-0.2, 0) is 6.54 Å². The van der Waals surface area contributed by atoms with Gasteiger partial charge in [-0.15, -0.1) is 0 Å². The highest BCUT2D eigenvalue weighted by Gasteiger charge is 2.22. The van der Waals surface area contributed by atoms with Crippen LogP contribution in [-0.4, -0.2) is 12.6 Å². The van der Waals surface area contributed by atoms with Crippen molar-refractivity contribution < 1.29 is 4.74 Å². The van der Waals surface area contributed by atoms with Crippen LogP contribution < -0.4 is 10.1 Å². The molecule has 0 amide bonds. The minimum absolute atomic E-state index is 0.491. The first-order valence-corrected chi connectivity index (χ1v) is 7.09. The minimum atomic E-state index is 0.491. The summed E-state index contributed by atoms with van der Waals surface area (Å²) in [6.07, 6.45) is 2.66. The van der Waals surface area contributed by atoms with Gasteiger partial charge in [0.1, 0.15) is 5.75 Å². The first-order chi connectivity index (χ1) is 8.15. The van der Waals surface area contributed by atoms with E-state index in [0.29, 0.717) is 6.04 Å².